The number of terminal acetylenes is 1. The van der Waals surface area contributed by atoms with Crippen LogP contribution in [0.3, 0.4) is 0 Å². The predicted molar refractivity (Wildman–Crippen MR) is 96.6 cm³/mol. The summed E-state index contributed by atoms with van der Waals surface area (Å²) in [5, 5.41) is 11.0. The van der Waals surface area contributed by atoms with Gasteiger partial charge >= 0.3 is 0 Å². The third kappa shape index (κ3) is 3.10. The van der Waals surface area contributed by atoms with E-state index in [0.29, 0.717) is 11.3 Å². The molecule has 2 aromatic rings. The van der Waals surface area contributed by atoms with Crippen molar-refractivity contribution in [2.24, 2.45) is 0 Å². The van der Waals surface area contributed by atoms with Gasteiger partial charge in [-0.1, -0.05) is 60.5 Å². The van der Waals surface area contributed by atoms with Crippen LogP contribution >= 0.6 is 0 Å². The van der Waals surface area contributed by atoms with Crippen LogP contribution in [0.4, 0.5) is 5.69 Å². The van der Waals surface area contributed by atoms with Crippen LogP contribution in [0.15, 0.2) is 60.7 Å². The van der Waals surface area contributed by atoms with Crippen molar-refractivity contribution in [1.29, 1.82) is 0 Å². The molecule has 2 aromatic carbocycles. The van der Waals surface area contributed by atoms with Crippen LogP contribution in [0, 0.1) is 12.3 Å². The lowest BCUT2D eigenvalue weighted by Crippen LogP contribution is -2.41. The SMILES string of the molecule is C#CCN1C(=O)C(O)(CC(=O)/C=C\c2ccccc2)c2ccccc21. The molecule has 1 heterocycles. The minimum Gasteiger partial charge on any atom is -0.375 e. The smallest absolute Gasteiger partial charge is 0.265 e. The maximum absolute atomic E-state index is 12.7. The third-order valence-corrected chi connectivity index (χ3v) is 4.18. The summed E-state index contributed by atoms with van der Waals surface area (Å²) in [5.41, 5.74) is -0.0506. The van der Waals surface area contributed by atoms with Gasteiger partial charge in [-0.05, 0) is 17.7 Å². The molecular formula is C21H17NO3. The number of fused-ring (bicyclic) bond motifs is 1. The van der Waals surface area contributed by atoms with Crippen molar-refractivity contribution in [3.05, 3.63) is 71.8 Å². The van der Waals surface area contributed by atoms with Crippen molar-refractivity contribution < 1.29 is 14.7 Å². The number of allylic oxidation sites excluding steroid dienone is 1. The molecule has 0 bridgehead atoms. The highest BCUT2D eigenvalue weighted by Crippen LogP contribution is 2.42. The molecule has 0 aliphatic carbocycles. The van der Waals surface area contributed by atoms with E-state index in [1.165, 1.54) is 11.0 Å². The fourth-order valence-corrected chi connectivity index (χ4v) is 2.99. The maximum Gasteiger partial charge on any atom is 0.265 e. The Morgan fingerprint density at radius 2 is 1.84 bits per heavy atom. The number of anilines is 1. The number of ketones is 1. The summed E-state index contributed by atoms with van der Waals surface area (Å²) in [6.45, 7) is 0.0478. The lowest BCUT2D eigenvalue weighted by atomic mass is 9.90. The molecule has 4 nitrogen and oxygen atoms in total. The normalized spacial score (nSPS) is 19.0. The highest BCUT2D eigenvalue weighted by molar-refractivity contribution is 6.10. The molecule has 4 heteroatoms. The summed E-state index contributed by atoms with van der Waals surface area (Å²) in [7, 11) is 0. The van der Waals surface area contributed by atoms with Crippen molar-refractivity contribution in [3.8, 4) is 12.3 Å². The molecule has 3 rings (SSSR count). The molecule has 0 saturated carbocycles. The molecule has 0 spiro atoms. The number of amides is 1. The molecule has 0 saturated heterocycles. The largest absolute Gasteiger partial charge is 0.375 e. The second-order valence-electron chi connectivity index (χ2n) is 5.86. The van der Waals surface area contributed by atoms with Crippen LogP contribution in [0.25, 0.3) is 6.08 Å². The molecule has 0 fully saturated rings. The monoisotopic (exact) mass is 331 g/mol. The van der Waals surface area contributed by atoms with E-state index < -0.39 is 11.5 Å². The Morgan fingerprint density at radius 3 is 2.56 bits per heavy atom. The van der Waals surface area contributed by atoms with Gasteiger partial charge in [-0.25, -0.2) is 0 Å². The average molecular weight is 331 g/mol. The lowest BCUT2D eigenvalue weighted by Gasteiger charge is -2.21. The zero-order valence-corrected chi connectivity index (χ0v) is 13.6. The molecule has 0 aromatic heterocycles. The first-order chi connectivity index (χ1) is 12.1. The number of hydrogen-bond acceptors (Lipinski definition) is 3. The number of hydrogen-bond donors (Lipinski definition) is 1. The third-order valence-electron chi connectivity index (χ3n) is 4.18. The number of nitrogens with zero attached hydrogens (tertiary/aromatic N) is 1. The molecule has 1 unspecified atom stereocenters. The minimum absolute atomic E-state index is 0.0478. The first kappa shape index (κ1) is 16.7. The van der Waals surface area contributed by atoms with E-state index >= 15 is 0 Å². The highest BCUT2D eigenvalue weighted by Gasteiger charge is 2.50. The summed E-state index contributed by atoms with van der Waals surface area (Å²) in [5.74, 6) is 1.52. The molecule has 1 aliphatic heterocycles. The van der Waals surface area contributed by atoms with Gasteiger partial charge in [-0.2, -0.15) is 0 Å². The Labute approximate surface area is 146 Å². The zero-order chi connectivity index (χ0) is 17.9. The Morgan fingerprint density at radius 1 is 1.16 bits per heavy atom. The molecule has 1 aliphatic rings. The van der Waals surface area contributed by atoms with Crippen LogP contribution in [-0.2, 0) is 15.2 Å². The Kier molecular flexibility index (Phi) is 4.51. The van der Waals surface area contributed by atoms with E-state index in [2.05, 4.69) is 5.92 Å². The fraction of sp³-hybridized carbons (Fsp3) is 0.143. The van der Waals surface area contributed by atoms with Crippen LogP contribution in [0.2, 0.25) is 0 Å². The minimum atomic E-state index is -1.88. The molecular weight excluding hydrogens is 314 g/mol. The maximum atomic E-state index is 12.7. The second-order valence-corrected chi connectivity index (χ2v) is 5.86. The van der Waals surface area contributed by atoms with Gasteiger partial charge in [-0.3, -0.25) is 14.5 Å². The standard InChI is InChI=1S/C21H17NO3/c1-2-14-22-19-11-7-6-10-18(19)21(25,20(22)24)15-17(23)13-12-16-8-4-3-5-9-16/h1,3-13,25H,14-15H2/b13-12-. The van der Waals surface area contributed by atoms with Crippen molar-refractivity contribution in [2.45, 2.75) is 12.0 Å². The number of carbonyl (C=O) groups excluding carboxylic acids is 2. The summed E-state index contributed by atoms with van der Waals surface area (Å²) in [4.78, 5) is 26.4. The van der Waals surface area contributed by atoms with Gasteiger partial charge in [0.25, 0.3) is 5.91 Å². The Hall–Kier alpha value is -3.16. The van der Waals surface area contributed by atoms with Crippen molar-refractivity contribution in [2.75, 3.05) is 11.4 Å². The number of rotatable bonds is 5. The number of carbonyl (C=O) groups is 2. The van der Waals surface area contributed by atoms with Gasteiger partial charge in [0.2, 0.25) is 0 Å². The van der Waals surface area contributed by atoms with Gasteiger partial charge in [0, 0.05) is 5.56 Å². The van der Waals surface area contributed by atoms with Gasteiger partial charge < -0.3 is 5.11 Å². The van der Waals surface area contributed by atoms with Crippen molar-refractivity contribution in [1.82, 2.24) is 0 Å². The van der Waals surface area contributed by atoms with E-state index in [1.807, 2.05) is 30.3 Å². The quantitative estimate of drug-likeness (QED) is 0.676. The van der Waals surface area contributed by atoms with E-state index in [1.54, 1.807) is 30.3 Å². The number of benzene rings is 2. The van der Waals surface area contributed by atoms with Crippen LogP contribution in [0.1, 0.15) is 17.5 Å². The van der Waals surface area contributed by atoms with Gasteiger partial charge in [0.15, 0.2) is 11.4 Å². The second kappa shape index (κ2) is 6.76. The summed E-state index contributed by atoms with van der Waals surface area (Å²) in [6.07, 6.45) is 8.04. The van der Waals surface area contributed by atoms with E-state index in [9.17, 15) is 14.7 Å². The predicted octanol–water partition coefficient (Wildman–Crippen LogP) is 2.53. The zero-order valence-electron chi connectivity index (χ0n) is 13.6. The molecule has 1 atom stereocenters. The van der Waals surface area contributed by atoms with Crippen LogP contribution in [0.5, 0.6) is 0 Å². The number of para-hydroxylation sites is 1. The van der Waals surface area contributed by atoms with Crippen molar-refractivity contribution in [3.63, 3.8) is 0 Å². The highest BCUT2D eigenvalue weighted by atomic mass is 16.3. The molecule has 0 radical (unpaired) electrons. The van der Waals surface area contributed by atoms with Gasteiger partial charge in [0.1, 0.15) is 0 Å². The lowest BCUT2D eigenvalue weighted by molar-refractivity contribution is -0.140. The fourth-order valence-electron chi connectivity index (χ4n) is 2.99. The van der Waals surface area contributed by atoms with Crippen molar-refractivity contribution >= 4 is 23.5 Å². The van der Waals surface area contributed by atoms with Gasteiger partial charge in [0.05, 0.1) is 18.7 Å². The van der Waals surface area contributed by atoms with E-state index in [-0.39, 0.29) is 18.7 Å². The average Bonchev–Trinajstić information content (AvgIpc) is 2.83. The summed E-state index contributed by atoms with van der Waals surface area (Å²) >= 11 is 0. The van der Waals surface area contributed by atoms with E-state index in [4.69, 9.17) is 6.42 Å². The summed E-state index contributed by atoms with van der Waals surface area (Å²) in [6, 6.07) is 16.2. The molecule has 1 amide bonds. The Bertz CT molecular complexity index is 880. The first-order valence-electron chi connectivity index (χ1n) is 7.89. The van der Waals surface area contributed by atoms with Crippen LogP contribution < -0.4 is 4.90 Å². The van der Waals surface area contributed by atoms with E-state index in [0.717, 1.165) is 5.56 Å². The topological polar surface area (TPSA) is 57.6 Å². The Balaban J connectivity index is 1.86. The number of aliphatic hydroxyl groups is 1. The molecule has 1 N–H and O–H groups in total. The summed E-state index contributed by atoms with van der Waals surface area (Å²) < 4.78 is 0. The molecule has 124 valence electrons. The first-order valence-corrected chi connectivity index (χ1v) is 7.89. The van der Waals surface area contributed by atoms with Gasteiger partial charge in [-0.15, -0.1) is 6.42 Å². The van der Waals surface area contributed by atoms with Crippen LogP contribution in [-0.4, -0.2) is 23.3 Å². The molecule has 25 heavy (non-hydrogen) atoms.